The van der Waals surface area contributed by atoms with Crippen molar-refractivity contribution < 1.29 is 8.81 Å². The maximum Gasteiger partial charge on any atom is 0.141 e. The average molecular weight is 248 g/mol. The molecule has 0 amide bonds. The Bertz CT molecular complexity index is 467. The van der Waals surface area contributed by atoms with E-state index in [2.05, 4.69) is 17.2 Å². The van der Waals surface area contributed by atoms with Crippen LogP contribution >= 0.6 is 0 Å². The predicted octanol–water partition coefficient (Wildman–Crippen LogP) is 3.62. The molecule has 1 unspecified atom stereocenters. The van der Waals surface area contributed by atoms with Gasteiger partial charge in [-0.25, -0.2) is 4.39 Å². The van der Waals surface area contributed by atoms with Gasteiger partial charge in [0, 0.05) is 6.04 Å². The first-order valence-electron chi connectivity index (χ1n) is 6.11. The summed E-state index contributed by atoms with van der Waals surface area (Å²) in [4.78, 5) is 4.12. The molecule has 0 aromatic carbocycles. The number of aromatic nitrogens is 1. The van der Waals surface area contributed by atoms with Gasteiger partial charge in [0.2, 0.25) is 0 Å². The zero-order valence-corrected chi connectivity index (χ0v) is 10.6. The van der Waals surface area contributed by atoms with E-state index < -0.39 is 0 Å². The van der Waals surface area contributed by atoms with Crippen molar-refractivity contribution in [3.63, 3.8) is 0 Å². The van der Waals surface area contributed by atoms with Crippen LogP contribution in [0.4, 0.5) is 4.39 Å². The molecule has 2 atom stereocenters. The third-order valence-corrected chi connectivity index (χ3v) is 2.94. The smallest absolute Gasteiger partial charge is 0.141 e. The van der Waals surface area contributed by atoms with Crippen LogP contribution in [0.1, 0.15) is 43.8 Å². The second-order valence-corrected chi connectivity index (χ2v) is 4.27. The monoisotopic (exact) mass is 248 g/mol. The molecule has 0 bridgehead atoms. The Labute approximate surface area is 106 Å². The van der Waals surface area contributed by atoms with Gasteiger partial charge < -0.3 is 4.42 Å². The molecule has 0 aliphatic heterocycles. The van der Waals surface area contributed by atoms with E-state index in [4.69, 9.17) is 4.42 Å². The summed E-state index contributed by atoms with van der Waals surface area (Å²) in [5, 5.41) is 3.43. The Morgan fingerprint density at radius 3 is 2.78 bits per heavy atom. The van der Waals surface area contributed by atoms with Gasteiger partial charge in [-0.15, -0.1) is 0 Å². The maximum atomic E-state index is 12.8. The molecule has 18 heavy (non-hydrogen) atoms. The molecule has 4 heteroatoms. The summed E-state index contributed by atoms with van der Waals surface area (Å²) in [6, 6.07) is 7.13. The standard InChI is InChI=1S/C14H17FN2O/c1-3-12(13-7-6-11(15)9-16-13)17-10(2)14-5-4-8-18-14/h4-10,12,17H,3H2,1-2H3/t10-,12?/m0/s1. The number of furan rings is 1. The van der Waals surface area contributed by atoms with Gasteiger partial charge >= 0.3 is 0 Å². The molecule has 0 fully saturated rings. The Morgan fingerprint density at radius 1 is 1.39 bits per heavy atom. The van der Waals surface area contributed by atoms with Crippen LogP contribution in [0.5, 0.6) is 0 Å². The van der Waals surface area contributed by atoms with Gasteiger partial charge in [0.25, 0.3) is 0 Å². The Balaban J connectivity index is 2.07. The molecule has 0 saturated carbocycles. The van der Waals surface area contributed by atoms with E-state index in [1.165, 1.54) is 12.3 Å². The normalized spacial score (nSPS) is 14.4. The Morgan fingerprint density at radius 2 is 2.22 bits per heavy atom. The third kappa shape index (κ3) is 2.96. The van der Waals surface area contributed by atoms with Crippen molar-refractivity contribution in [1.29, 1.82) is 0 Å². The van der Waals surface area contributed by atoms with Gasteiger partial charge in [0.1, 0.15) is 11.6 Å². The quantitative estimate of drug-likeness (QED) is 0.878. The van der Waals surface area contributed by atoms with Crippen molar-refractivity contribution in [1.82, 2.24) is 10.3 Å². The number of rotatable bonds is 5. The molecule has 0 spiro atoms. The number of nitrogens with one attached hydrogen (secondary N) is 1. The van der Waals surface area contributed by atoms with Gasteiger partial charge in [0.05, 0.1) is 24.2 Å². The average Bonchev–Trinajstić information content (AvgIpc) is 2.91. The fourth-order valence-electron chi connectivity index (χ4n) is 1.93. The van der Waals surface area contributed by atoms with Gasteiger partial charge in [0.15, 0.2) is 0 Å². The molecule has 96 valence electrons. The predicted molar refractivity (Wildman–Crippen MR) is 67.5 cm³/mol. The van der Waals surface area contributed by atoms with Gasteiger partial charge in [-0.2, -0.15) is 0 Å². The number of hydrogen-bond donors (Lipinski definition) is 1. The molecule has 0 aliphatic rings. The molecule has 0 aliphatic carbocycles. The first-order valence-corrected chi connectivity index (χ1v) is 6.11. The maximum absolute atomic E-state index is 12.8. The van der Waals surface area contributed by atoms with E-state index >= 15 is 0 Å². The zero-order chi connectivity index (χ0) is 13.0. The van der Waals surface area contributed by atoms with Crippen LogP contribution in [0.15, 0.2) is 41.1 Å². The van der Waals surface area contributed by atoms with Gasteiger partial charge in [-0.3, -0.25) is 10.3 Å². The lowest BCUT2D eigenvalue weighted by molar-refractivity contribution is 0.382. The summed E-state index contributed by atoms with van der Waals surface area (Å²) < 4.78 is 18.2. The summed E-state index contributed by atoms with van der Waals surface area (Å²) in [6.07, 6.45) is 3.78. The largest absolute Gasteiger partial charge is 0.468 e. The molecule has 2 heterocycles. The lowest BCUT2D eigenvalue weighted by atomic mass is 10.1. The molecule has 0 saturated heterocycles. The minimum Gasteiger partial charge on any atom is -0.468 e. The highest BCUT2D eigenvalue weighted by atomic mass is 19.1. The molecule has 2 aromatic rings. The summed E-state index contributed by atoms with van der Waals surface area (Å²) in [6.45, 7) is 4.10. The summed E-state index contributed by atoms with van der Waals surface area (Å²) >= 11 is 0. The van der Waals surface area contributed by atoms with Crippen LogP contribution in [0.3, 0.4) is 0 Å². The van der Waals surface area contributed by atoms with Crippen molar-refractivity contribution >= 4 is 0 Å². The number of halogens is 1. The van der Waals surface area contributed by atoms with Crippen molar-refractivity contribution in [3.05, 3.63) is 54.0 Å². The van der Waals surface area contributed by atoms with E-state index in [9.17, 15) is 4.39 Å². The van der Waals surface area contributed by atoms with Crippen LogP contribution in [0.2, 0.25) is 0 Å². The second-order valence-electron chi connectivity index (χ2n) is 4.27. The van der Waals surface area contributed by atoms with Crippen LogP contribution in [-0.4, -0.2) is 4.98 Å². The van der Waals surface area contributed by atoms with Crippen molar-refractivity contribution in [2.45, 2.75) is 32.4 Å². The van der Waals surface area contributed by atoms with E-state index in [0.29, 0.717) is 0 Å². The van der Waals surface area contributed by atoms with Crippen molar-refractivity contribution in [2.75, 3.05) is 0 Å². The molecular weight excluding hydrogens is 231 g/mol. The fourth-order valence-corrected chi connectivity index (χ4v) is 1.93. The highest BCUT2D eigenvalue weighted by Crippen LogP contribution is 2.21. The SMILES string of the molecule is CCC(N[C@@H](C)c1ccco1)c1ccc(F)cn1. The van der Waals surface area contributed by atoms with Crippen molar-refractivity contribution in [3.8, 4) is 0 Å². The summed E-state index contributed by atoms with van der Waals surface area (Å²) in [7, 11) is 0. The molecule has 0 radical (unpaired) electrons. The lowest BCUT2D eigenvalue weighted by Gasteiger charge is -2.20. The highest BCUT2D eigenvalue weighted by molar-refractivity contribution is 5.11. The molecule has 3 nitrogen and oxygen atoms in total. The molecule has 2 rings (SSSR count). The number of nitrogens with zero attached hydrogens (tertiary/aromatic N) is 1. The van der Waals surface area contributed by atoms with E-state index in [-0.39, 0.29) is 17.9 Å². The minimum absolute atomic E-state index is 0.0886. The number of pyridine rings is 1. The molecule has 1 N–H and O–H groups in total. The first-order chi connectivity index (χ1) is 8.70. The lowest BCUT2D eigenvalue weighted by Crippen LogP contribution is -2.24. The van der Waals surface area contributed by atoms with Crippen LogP contribution in [0.25, 0.3) is 0 Å². The topological polar surface area (TPSA) is 38.1 Å². The highest BCUT2D eigenvalue weighted by Gasteiger charge is 2.16. The Hall–Kier alpha value is -1.68. The summed E-state index contributed by atoms with van der Waals surface area (Å²) in [5.41, 5.74) is 0.845. The second kappa shape index (κ2) is 5.78. The van der Waals surface area contributed by atoms with Gasteiger partial charge in [-0.1, -0.05) is 6.92 Å². The number of hydrogen-bond acceptors (Lipinski definition) is 3. The van der Waals surface area contributed by atoms with E-state index in [1.807, 2.05) is 19.1 Å². The van der Waals surface area contributed by atoms with Gasteiger partial charge in [-0.05, 0) is 37.6 Å². The van der Waals surface area contributed by atoms with E-state index in [0.717, 1.165) is 17.9 Å². The van der Waals surface area contributed by atoms with Crippen LogP contribution in [0, 0.1) is 5.82 Å². The molecular formula is C14H17FN2O. The van der Waals surface area contributed by atoms with Crippen molar-refractivity contribution in [2.24, 2.45) is 0 Å². The van der Waals surface area contributed by atoms with Crippen LogP contribution < -0.4 is 5.32 Å². The first kappa shape index (κ1) is 12.8. The Kier molecular flexibility index (Phi) is 4.10. The third-order valence-electron chi connectivity index (χ3n) is 2.94. The van der Waals surface area contributed by atoms with E-state index in [1.54, 1.807) is 12.3 Å². The fraction of sp³-hybridized carbons (Fsp3) is 0.357. The minimum atomic E-state index is -0.312. The summed E-state index contributed by atoms with van der Waals surface area (Å²) in [5.74, 6) is 0.572. The zero-order valence-electron chi connectivity index (χ0n) is 10.6. The molecule has 2 aromatic heterocycles. The van der Waals surface area contributed by atoms with Crippen LogP contribution in [-0.2, 0) is 0 Å².